The molecule has 0 spiro atoms. The average molecular weight is 220 g/mol. The Balaban J connectivity index is 1.91. The van der Waals surface area contributed by atoms with E-state index < -0.39 is 0 Å². The summed E-state index contributed by atoms with van der Waals surface area (Å²) in [5.41, 5.74) is 2.41. The third-order valence-corrected chi connectivity index (χ3v) is 3.24. The fourth-order valence-electron chi connectivity index (χ4n) is 2.00. The van der Waals surface area contributed by atoms with Gasteiger partial charge in [0.05, 0.1) is 5.69 Å². The summed E-state index contributed by atoms with van der Waals surface area (Å²) in [6, 6.07) is 6.16. The van der Waals surface area contributed by atoms with Crippen LogP contribution in [0.4, 0.5) is 0 Å². The van der Waals surface area contributed by atoms with Gasteiger partial charge in [-0.15, -0.1) is 0 Å². The van der Waals surface area contributed by atoms with Gasteiger partial charge in [0, 0.05) is 31.0 Å². The Bertz CT molecular complexity index is 346. The quantitative estimate of drug-likeness (QED) is 0.846. The third-order valence-electron chi connectivity index (χ3n) is 3.24. The van der Waals surface area contributed by atoms with Crippen molar-refractivity contribution < 1.29 is 4.74 Å². The highest BCUT2D eigenvalue weighted by atomic mass is 16.5. The maximum atomic E-state index is 5.38. The standard InChI is InChI=1S/C13H20N2O/c1-11-4-3-5-12(15-11)10-14-13(2)6-8-16-9-7-13/h3-5,14H,6-10H2,1-2H3. The van der Waals surface area contributed by atoms with Crippen molar-refractivity contribution in [1.29, 1.82) is 0 Å². The number of pyridine rings is 1. The Morgan fingerprint density at radius 3 is 2.81 bits per heavy atom. The lowest BCUT2D eigenvalue weighted by molar-refractivity contribution is 0.0445. The Kier molecular flexibility index (Phi) is 3.56. The molecule has 3 heteroatoms. The lowest BCUT2D eigenvalue weighted by Gasteiger charge is -2.34. The van der Waals surface area contributed by atoms with Gasteiger partial charge in [-0.3, -0.25) is 4.98 Å². The van der Waals surface area contributed by atoms with Crippen molar-refractivity contribution in [2.24, 2.45) is 0 Å². The van der Waals surface area contributed by atoms with Crippen molar-refractivity contribution >= 4 is 0 Å². The van der Waals surface area contributed by atoms with Crippen molar-refractivity contribution in [1.82, 2.24) is 10.3 Å². The minimum Gasteiger partial charge on any atom is -0.381 e. The van der Waals surface area contributed by atoms with Crippen molar-refractivity contribution in [3.8, 4) is 0 Å². The van der Waals surface area contributed by atoms with E-state index in [-0.39, 0.29) is 5.54 Å². The molecule has 1 saturated heterocycles. The van der Waals surface area contributed by atoms with E-state index in [1.807, 2.05) is 13.0 Å². The largest absolute Gasteiger partial charge is 0.381 e. The maximum absolute atomic E-state index is 5.38. The monoisotopic (exact) mass is 220 g/mol. The highest BCUT2D eigenvalue weighted by Crippen LogP contribution is 2.20. The lowest BCUT2D eigenvalue weighted by Crippen LogP contribution is -2.46. The van der Waals surface area contributed by atoms with E-state index in [4.69, 9.17) is 4.74 Å². The molecule has 0 amide bonds. The molecule has 1 aromatic rings. The van der Waals surface area contributed by atoms with Crippen LogP contribution in [0.25, 0.3) is 0 Å². The van der Waals surface area contributed by atoms with E-state index in [1.54, 1.807) is 0 Å². The van der Waals surface area contributed by atoms with Gasteiger partial charge in [-0.05, 0) is 38.8 Å². The molecule has 16 heavy (non-hydrogen) atoms. The predicted octanol–water partition coefficient (Wildman–Crippen LogP) is 2.05. The Hall–Kier alpha value is -0.930. The van der Waals surface area contributed by atoms with Gasteiger partial charge in [-0.2, -0.15) is 0 Å². The topological polar surface area (TPSA) is 34.1 Å². The first kappa shape index (κ1) is 11.6. The number of ether oxygens (including phenoxy) is 1. The summed E-state index contributed by atoms with van der Waals surface area (Å²) in [6.07, 6.45) is 2.16. The number of aryl methyl sites for hydroxylation is 1. The molecule has 0 bridgehead atoms. The normalized spacial score (nSPS) is 19.6. The second-order valence-corrected chi connectivity index (χ2v) is 4.80. The Morgan fingerprint density at radius 1 is 1.38 bits per heavy atom. The van der Waals surface area contributed by atoms with Crippen molar-refractivity contribution in [3.63, 3.8) is 0 Å². The molecule has 1 aliphatic heterocycles. The molecular formula is C13H20N2O. The third kappa shape index (κ3) is 3.03. The van der Waals surface area contributed by atoms with Crippen LogP contribution in [0.3, 0.4) is 0 Å². The van der Waals surface area contributed by atoms with Gasteiger partial charge in [0.1, 0.15) is 0 Å². The first-order chi connectivity index (χ1) is 7.68. The summed E-state index contributed by atoms with van der Waals surface area (Å²) in [6.45, 7) is 6.87. The van der Waals surface area contributed by atoms with Crippen molar-refractivity contribution in [2.75, 3.05) is 13.2 Å². The average Bonchev–Trinajstić information content (AvgIpc) is 2.28. The Morgan fingerprint density at radius 2 is 2.12 bits per heavy atom. The smallest absolute Gasteiger partial charge is 0.0545 e. The Labute approximate surface area is 97.2 Å². The fourth-order valence-corrected chi connectivity index (χ4v) is 2.00. The maximum Gasteiger partial charge on any atom is 0.0545 e. The van der Waals surface area contributed by atoms with Gasteiger partial charge in [-0.25, -0.2) is 0 Å². The summed E-state index contributed by atoms with van der Waals surface area (Å²) in [5, 5.41) is 3.60. The first-order valence-corrected chi connectivity index (χ1v) is 5.93. The van der Waals surface area contributed by atoms with E-state index in [2.05, 4.69) is 29.4 Å². The number of hydrogen-bond donors (Lipinski definition) is 1. The SMILES string of the molecule is Cc1cccc(CNC2(C)CCOCC2)n1. The number of rotatable bonds is 3. The van der Waals surface area contributed by atoms with Crippen molar-refractivity contribution in [2.45, 2.75) is 38.8 Å². The summed E-state index contributed by atoms with van der Waals surface area (Å²) >= 11 is 0. The van der Waals surface area contributed by atoms with E-state index >= 15 is 0 Å². The van der Waals surface area contributed by atoms with Crippen molar-refractivity contribution in [3.05, 3.63) is 29.6 Å². The summed E-state index contributed by atoms with van der Waals surface area (Å²) in [5.74, 6) is 0. The molecule has 88 valence electrons. The highest BCUT2D eigenvalue weighted by molar-refractivity contribution is 5.10. The molecule has 1 aliphatic rings. The highest BCUT2D eigenvalue weighted by Gasteiger charge is 2.26. The van der Waals surface area contributed by atoms with Gasteiger partial charge in [0.15, 0.2) is 0 Å². The van der Waals surface area contributed by atoms with Gasteiger partial charge >= 0.3 is 0 Å². The zero-order valence-electron chi connectivity index (χ0n) is 10.1. The van der Waals surface area contributed by atoms with E-state index in [9.17, 15) is 0 Å². The molecule has 3 nitrogen and oxygen atoms in total. The molecule has 0 atom stereocenters. The first-order valence-electron chi connectivity index (χ1n) is 5.93. The minimum atomic E-state index is 0.212. The van der Waals surface area contributed by atoms with Crippen LogP contribution in [-0.4, -0.2) is 23.7 Å². The summed E-state index contributed by atoms with van der Waals surface area (Å²) in [7, 11) is 0. The molecule has 1 aromatic heterocycles. The predicted molar refractivity (Wildman–Crippen MR) is 64.3 cm³/mol. The molecule has 1 fully saturated rings. The second-order valence-electron chi connectivity index (χ2n) is 4.80. The van der Waals surface area contributed by atoms with E-state index in [1.165, 1.54) is 0 Å². The lowest BCUT2D eigenvalue weighted by atomic mass is 9.92. The number of nitrogens with zero attached hydrogens (tertiary/aromatic N) is 1. The van der Waals surface area contributed by atoms with Crippen LogP contribution in [-0.2, 0) is 11.3 Å². The number of nitrogens with one attached hydrogen (secondary N) is 1. The van der Waals surface area contributed by atoms with Crippen LogP contribution in [0.1, 0.15) is 31.2 Å². The van der Waals surface area contributed by atoms with E-state index in [0.717, 1.165) is 44.0 Å². The zero-order chi connectivity index (χ0) is 11.4. The van der Waals surface area contributed by atoms with Gasteiger partial charge in [0.2, 0.25) is 0 Å². The molecule has 0 saturated carbocycles. The van der Waals surface area contributed by atoms with Crippen LogP contribution < -0.4 is 5.32 Å². The molecule has 1 N–H and O–H groups in total. The van der Waals surface area contributed by atoms with Gasteiger partial charge in [0.25, 0.3) is 0 Å². The molecule has 0 unspecified atom stereocenters. The summed E-state index contributed by atoms with van der Waals surface area (Å²) < 4.78 is 5.38. The summed E-state index contributed by atoms with van der Waals surface area (Å²) in [4.78, 5) is 4.49. The van der Waals surface area contributed by atoms with Gasteiger partial charge in [-0.1, -0.05) is 6.07 Å². The molecular weight excluding hydrogens is 200 g/mol. The molecule has 2 rings (SSSR count). The number of hydrogen-bond acceptors (Lipinski definition) is 3. The van der Waals surface area contributed by atoms with Crippen LogP contribution in [0.5, 0.6) is 0 Å². The van der Waals surface area contributed by atoms with Crippen LogP contribution >= 0.6 is 0 Å². The van der Waals surface area contributed by atoms with Gasteiger partial charge < -0.3 is 10.1 Å². The van der Waals surface area contributed by atoms with Crippen LogP contribution in [0.15, 0.2) is 18.2 Å². The zero-order valence-corrected chi connectivity index (χ0v) is 10.1. The molecule has 0 aromatic carbocycles. The fraction of sp³-hybridized carbons (Fsp3) is 0.615. The van der Waals surface area contributed by atoms with Crippen LogP contribution in [0.2, 0.25) is 0 Å². The molecule has 2 heterocycles. The second kappa shape index (κ2) is 4.93. The minimum absolute atomic E-state index is 0.212. The number of aromatic nitrogens is 1. The molecule has 0 radical (unpaired) electrons. The molecule has 0 aliphatic carbocycles. The van der Waals surface area contributed by atoms with E-state index in [0.29, 0.717) is 0 Å². The van der Waals surface area contributed by atoms with Crippen LogP contribution in [0, 0.1) is 6.92 Å².